The minimum absolute atomic E-state index is 0.00596. The first kappa shape index (κ1) is 21.9. The summed E-state index contributed by atoms with van der Waals surface area (Å²) in [6, 6.07) is 0. The third kappa shape index (κ3) is 5.55. The van der Waals surface area contributed by atoms with Crippen LogP contribution in [-0.2, 0) is 9.59 Å². The maximum Gasteiger partial charge on any atom is 0.238 e. The van der Waals surface area contributed by atoms with Gasteiger partial charge < -0.3 is 0 Å². The van der Waals surface area contributed by atoms with Crippen LogP contribution < -0.4 is 10.9 Å². The molecule has 1 saturated carbocycles. The standard InChI is InChI=1S/C21H38N4O2/c1-5-11-24(12-6-2)22-20(26)18-16-9-10-17(15-16)19(18)21(27)23-25(13-7-3)14-8-4/h9-10,16-19H,5-8,11-15H2,1-4H3,(H,22,26)(H,23,27)/t16-,17-,18+,19+/m0/s1. The van der Waals surface area contributed by atoms with Crippen LogP contribution in [0, 0.1) is 23.7 Å². The maximum absolute atomic E-state index is 13.1. The van der Waals surface area contributed by atoms with Crippen LogP contribution in [0.3, 0.4) is 0 Å². The summed E-state index contributed by atoms with van der Waals surface area (Å²) in [4.78, 5) is 26.1. The Labute approximate surface area is 164 Å². The van der Waals surface area contributed by atoms with Gasteiger partial charge in [-0.25, -0.2) is 10.0 Å². The van der Waals surface area contributed by atoms with Crippen LogP contribution in [0.15, 0.2) is 12.2 Å². The number of amides is 2. The lowest BCUT2D eigenvalue weighted by molar-refractivity contribution is -0.140. The highest BCUT2D eigenvalue weighted by molar-refractivity contribution is 5.89. The number of hydrogen-bond donors (Lipinski definition) is 2. The minimum Gasteiger partial charge on any atom is -0.289 e. The minimum atomic E-state index is -0.263. The molecule has 2 bridgehead atoms. The van der Waals surface area contributed by atoms with Crippen molar-refractivity contribution in [2.75, 3.05) is 26.2 Å². The lowest BCUT2D eigenvalue weighted by Gasteiger charge is -2.31. The highest BCUT2D eigenvalue weighted by Gasteiger charge is 2.51. The average molecular weight is 379 g/mol. The highest BCUT2D eigenvalue weighted by atomic mass is 16.2. The summed E-state index contributed by atoms with van der Waals surface area (Å²) in [6.45, 7) is 11.8. The van der Waals surface area contributed by atoms with E-state index in [9.17, 15) is 9.59 Å². The van der Waals surface area contributed by atoms with Crippen LogP contribution in [0.1, 0.15) is 59.8 Å². The van der Waals surface area contributed by atoms with Gasteiger partial charge in [-0.05, 0) is 43.9 Å². The lowest BCUT2D eigenvalue weighted by atomic mass is 9.82. The van der Waals surface area contributed by atoms with E-state index in [4.69, 9.17) is 0 Å². The molecule has 0 unspecified atom stereocenters. The van der Waals surface area contributed by atoms with Crippen molar-refractivity contribution in [3.05, 3.63) is 12.2 Å². The van der Waals surface area contributed by atoms with Crippen LogP contribution in [0.4, 0.5) is 0 Å². The van der Waals surface area contributed by atoms with Gasteiger partial charge in [0.1, 0.15) is 0 Å². The van der Waals surface area contributed by atoms with Gasteiger partial charge in [0.25, 0.3) is 0 Å². The first-order valence-electron chi connectivity index (χ1n) is 10.8. The van der Waals surface area contributed by atoms with E-state index in [0.717, 1.165) is 58.3 Å². The van der Waals surface area contributed by atoms with Crippen LogP contribution in [0.25, 0.3) is 0 Å². The molecule has 2 amide bonds. The molecule has 1 fully saturated rings. The molecule has 2 N–H and O–H groups in total. The molecule has 6 heteroatoms. The zero-order chi connectivity index (χ0) is 19.8. The smallest absolute Gasteiger partial charge is 0.238 e. The predicted molar refractivity (Wildman–Crippen MR) is 108 cm³/mol. The Hall–Kier alpha value is -1.40. The molecule has 0 aromatic heterocycles. The van der Waals surface area contributed by atoms with E-state index >= 15 is 0 Å². The summed E-state index contributed by atoms with van der Waals surface area (Å²) in [5.41, 5.74) is 6.20. The molecule has 2 rings (SSSR count). The predicted octanol–water partition coefficient (Wildman–Crippen LogP) is 2.73. The van der Waals surface area contributed by atoms with Gasteiger partial charge in [-0.1, -0.05) is 39.8 Å². The number of allylic oxidation sites excluding steroid dienone is 2. The Morgan fingerprint density at radius 1 is 0.741 bits per heavy atom. The Bertz CT molecular complexity index is 466. The van der Waals surface area contributed by atoms with Gasteiger partial charge in [0.15, 0.2) is 0 Å². The fourth-order valence-electron chi connectivity index (χ4n) is 4.52. The Morgan fingerprint density at radius 3 is 1.37 bits per heavy atom. The van der Waals surface area contributed by atoms with Crippen molar-refractivity contribution in [3.8, 4) is 0 Å². The number of rotatable bonds is 12. The molecule has 0 aliphatic heterocycles. The number of fused-ring (bicyclic) bond motifs is 2. The van der Waals surface area contributed by atoms with Gasteiger partial charge in [0, 0.05) is 26.2 Å². The van der Waals surface area contributed by atoms with E-state index in [1.807, 2.05) is 10.0 Å². The molecule has 2 aliphatic carbocycles. The second-order valence-electron chi connectivity index (χ2n) is 7.93. The van der Waals surface area contributed by atoms with Gasteiger partial charge in [-0.2, -0.15) is 0 Å². The molecule has 0 aromatic carbocycles. The van der Waals surface area contributed by atoms with Crippen LogP contribution in [0.5, 0.6) is 0 Å². The zero-order valence-electron chi connectivity index (χ0n) is 17.5. The van der Waals surface area contributed by atoms with E-state index < -0.39 is 0 Å². The number of nitrogens with zero attached hydrogens (tertiary/aromatic N) is 2. The van der Waals surface area contributed by atoms with Gasteiger partial charge in [-0.15, -0.1) is 0 Å². The van der Waals surface area contributed by atoms with Crippen molar-refractivity contribution in [2.45, 2.75) is 59.8 Å². The van der Waals surface area contributed by atoms with Gasteiger partial charge in [-0.3, -0.25) is 20.4 Å². The van der Waals surface area contributed by atoms with Crippen molar-refractivity contribution in [1.82, 2.24) is 20.9 Å². The number of carbonyl (C=O) groups excluding carboxylic acids is 2. The molecule has 27 heavy (non-hydrogen) atoms. The molecule has 0 aromatic rings. The van der Waals surface area contributed by atoms with E-state index in [1.54, 1.807) is 0 Å². The molecule has 0 saturated heterocycles. The average Bonchev–Trinajstić information content (AvgIpc) is 3.23. The Kier molecular flexibility index (Phi) is 8.77. The molecule has 0 spiro atoms. The van der Waals surface area contributed by atoms with E-state index in [-0.39, 0.29) is 35.5 Å². The molecule has 4 atom stereocenters. The summed E-state index contributed by atoms with van der Waals surface area (Å²) in [6.07, 6.45) is 9.15. The topological polar surface area (TPSA) is 64.7 Å². The van der Waals surface area contributed by atoms with Gasteiger partial charge >= 0.3 is 0 Å². The van der Waals surface area contributed by atoms with Crippen molar-refractivity contribution < 1.29 is 9.59 Å². The molecule has 154 valence electrons. The highest BCUT2D eigenvalue weighted by Crippen LogP contribution is 2.48. The van der Waals surface area contributed by atoms with Crippen LogP contribution >= 0.6 is 0 Å². The summed E-state index contributed by atoms with van der Waals surface area (Å²) in [5.74, 6) is -0.149. The molecular weight excluding hydrogens is 340 g/mol. The molecule has 6 nitrogen and oxygen atoms in total. The summed E-state index contributed by atoms with van der Waals surface area (Å²) in [5, 5.41) is 4.01. The fraction of sp³-hybridized carbons (Fsp3) is 0.810. The fourth-order valence-corrected chi connectivity index (χ4v) is 4.52. The second-order valence-corrected chi connectivity index (χ2v) is 7.93. The molecule has 0 radical (unpaired) electrons. The lowest BCUT2D eigenvalue weighted by Crippen LogP contribution is -2.52. The number of carbonyl (C=O) groups is 2. The second kappa shape index (κ2) is 10.8. The quantitative estimate of drug-likeness (QED) is 0.405. The SMILES string of the molecule is CCCN(CCC)NC(=O)[C@H]1[C@H](C(=O)NN(CCC)CCC)[C@H]2C=C[C@H]1C2. The first-order chi connectivity index (χ1) is 13.0. The number of hydrogen-bond acceptors (Lipinski definition) is 4. The van der Waals surface area contributed by atoms with Crippen molar-refractivity contribution in [1.29, 1.82) is 0 Å². The normalized spacial score (nSPS) is 26.1. The van der Waals surface area contributed by atoms with Gasteiger partial charge in [0.2, 0.25) is 11.8 Å². The van der Waals surface area contributed by atoms with Crippen molar-refractivity contribution in [2.24, 2.45) is 23.7 Å². The number of nitrogens with one attached hydrogen (secondary N) is 2. The largest absolute Gasteiger partial charge is 0.289 e. The number of hydrazine groups is 2. The van der Waals surface area contributed by atoms with E-state index in [0.29, 0.717) is 0 Å². The summed E-state index contributed by atoms with van der Waals surface area (Å²) in [7, 11) is 0. The first-order valence-corrected chi connectivity index (χ1v) is 10.8. The Balaban J connectivity index is 2.06. The van der Waals surface area contributed by atoms with Crippen LogP contribution in [-0.4, -0.2) is 48.0 Å². The van der Waals surface area contributed by atoms with Crippen molar-refractivity contribution in [3.63, 3.8) is 0 Å². The summed E-state index contributed by atoms with van der Waals surface area (Å²) < 4.78 is 0. The molecule has 2 aliphatic rings. The van der Waals surface area contributed by atoms with Crippen LogP contribution in [0.2, 0.25) is 0 Å². The molecular formula is C21H38N4O2. The van der Waals surface area contributed by atoms with E-state index in [1.165, 1.54) is 0 Å². The third-order valence-corrected chi connectivity index (χ3v) is 5.58. The van der Waals surface area contributed by atoms with Crippen molar-refractivity contribution >= 4 is 11.8 Å². The van der Waals surface area contributed by atoms with Gasteiger partial charge in [0.05, 0.1) is 11.8 Å². The Morgan fingerprint density at radius 2 is 1.07 bits per heavy atom. The monoisotopic (exact) mass is 378 g/mol. The van der Waals surface area contributed by atoms with E-state index in [2.05, 4.69) is 50.7 Å². The summed E-state index contributed by atoms with van der Waals surface area (Å²) >= 11 is 0. The maximum atomic E-state index is 13.1. The third-order valence-electron chi connectivity index (χ3n) is 5.58. The zero-order valence-corrected chi connectivity index (χ0v) is 17.5. The molecule has 0 heterocycles.